The normalized spacial score (nSPS) is 11.5. The Hall–Kier alpha value is -2.80. The molecule has 0 aliphatic rings. The number of hydrogen-bond acceptors (Lipinski definition) is 3. The second-order valence-electron chi connectivity index (χ2n) is 7.36. The molecule has 7 nitrogen and oxygen atoms in total. The number of aromatic nitrogens is 2. The van der Waals surface area contributed by atoms with Gasteiger partial charge in [0, 0.05) is 45.8 Å². The monoisotopic (exact) mass is 384 g/mol. The number of fused-ring (bicyclic) bond motifs is 3. The van der Waals surface area contributed by atoms with E-state index in [9.17, 15) is 9.59 Å². The molecular formula is C21H28N4O3. The number of carbonyl (C=O) groups excluding carboxylic acids is 2. The van der Waals surface area contributed by atoms with E-state index in [2.05, 4.69) is 23.7 Å². The molecule has 1 aromatic carbocycles. The molecule has 0 aliphatic heterocycles. The van der Waals surface area contributed by atoms with Gasteiger partial charge in [-0.2, -0.15) is 0 Å². The highest BCUT2D eigenvalue weighted by Gasteiger charge is 2.26. The zero-order chi connectivity index (χ0) is 20.4. The molecule has 2 heterocycles. The third kappa shape index (κ3) is 3.38. The fourth-order valence-electron chi connectivity index (χ4n) is 3.58. The fourth-order valence-corrected chi connectivity index (χ4v) is 3.58. The first-order valence-corrected chi connectivity index (χ1v) is 9.51. The van der Waals surface area contributed by atoms with E-state index in [0.717, 1.165) is 21.9 Å². The van der Waals surface area contributed by atoms with Crippen molar-refractivity contribution in [1.82, 2.24) is 19.4 Å². The summed E-state index contributed by atoms with van der Waals surface area (Å²) in [7, 11) is 5.01. The van der Waals surface area contributed by atoms with Gasteiger partial charge in [-0.3, -0.25) is 9.36 Å². The highest BCUT2D eigenvalue weighted by molar-refractivity contribution is 6.14. The molecular weight excluding hydrogens is 356 g/mol. The Morgan fingerprint density at radius 1 is 1.18 bits per heavy atom. The van der Waals surface area contributed by atoms with Crippen molar-refractivity contribution in [3.63, 3.8) is 0 Å². The molecule has 0 bridgehead atoms. The maximum atomic E-state index is 13.0. The van der Waals surface area contributed by atoms with Crippen LogP contribution < -0.4 is 5.32 Å². The Morgan fingerprint density at radius 3 is 2.54 bits per heavy atom. The van der Waals surface area contributed by atoms with Crippen LogP contribution in [0.1, 0.15) is 36.8 Å². The minimum absolute atomic E-state index is 0.185. The predicted octanol–water partition coefficient (Wildman–Crippen LogP) is 3.47. The van der Waals surface area contributed by atoms with Crippen LogP contribution >= 0.6 is 0 Å². The number of nitrogens with zero attached hydrogens (tertiary/aromatic N) is 3. The molecule has 0 radical (unpaired) electrons. The predicted molar refractivity (Wildman–Crippen MR) is 111 cm³/mol. The van der Waals surface area contributed by atoms with Crippen molar-refractivity contribution in [3.05, 3.63) is 36.0 Å². The van der Waals surface area contributed by atoms with Gasteiger partial charge in [0.2, 0.25) is 0 Å². The van der Waals surface area contributed by atoms with Crippen molar-refractivity contribution < 1.29 is 14.3 Å². The molecule has 2 aromatic heterocycles. The lowest BCUT2D eigenvalue weighted by molar-refractivity contribution is 0.0940. The van der Waals surface area contributed by atoms with Crippen LogP contribution in [-0.4, -0.2) is 60.3 Å². The van der Waals surface area contributed by atoms with Crippen molar-refractivity contribution in [2.75, 3.05) is 34.4 Å². The number of carbonyl (C=O) groups is 2. The van der Waals surface area contributed by atoms with Gasteiger partial charge in [0.1, 0.15) is 5.69 Å². The first-order valence-electron chi connectivity index (χ1n) is 9.51. The van der Waals surface area contributed by atoms with E-state index in [1.54, 1.807) is 21.2 Å². The van der Waals surface area contributed by atoms with Gasteiger partial charge < -0.3 is 19.5 Å². The fraction of sp³-hybridized carbons (Fsp3) is 0.429. The summed E-state index contributed by atoms with van der Waals surface area (Å²) in [6.07, 6.45) is 0.714. The van der Waals surface area contributed by atoms with Gasteiger partial charge in [-0.25, -0.2) is 4.79 Å². The largest absolute Gasteiger partial charge is 0.385 e. The number of nitrogens with one attached hydrogen (secondary N) is 1. The van der Waals surface area contributed by atoms with Crippen LogP contribution in [0.5, 0.6) is 0 Å². The third-order valence-electron chi connectivity index (χ3n) is 4.79. The minimum Gasteiger partial charge on any atom is -0.385 e. The van der Waals surface area contributed by atoms with Gasteiger partial charge >= 0.3 is 6.03 Å². The van der Waals surface area contributed by atoms with E-state index >= 15 is 0 Å². The Bertz CT molecular complexity index is 1010. The van der Waals surface area contributed by atoms with E-state index in [4.69, 9.17) is 4.74 Å². The number of para-hydroxylation sites is 1. The van der Waals surface area contributed by atoms with Crippen LogP contribution in [-0.2, 0) is 4.74 Å². The maximum absolute atomic E-state index is 13.0. The molecule has 3 rings (SSSR count). The summed E-state index contributed by atoms with van der Waals surface area (Å²) in [5.41, 5.74) is 3.05. The lowest BCUT2D eigenvalue weighted by atomic mass is 10.2. The molecule has 0 saturated carbocycles. The molecule has 28 heavy (non-hydrogen) atoms. The molecule has 0 atom stereocenters. The molecule has 0 unspecified atom stereocenters. The Morgan fingerprint density at radius 2 is 1.89 bits per heavy atom. The zero-order valence-corrected chi connectivity index (χ0v) is 17.2. The summed E-state index contributed by atoms with van der Waals surface area (Å²) >= 11 is 0. The van der Waals surface area contributed by atoms with Crippen LogP contribution in [0.3, 0.4) is 0 Å². The summed E-state index contributed by atoms with van der Waals surface area (Å²) in [6.45, 7) is 5.26. The molecule has 0 aliphatic carbocycles. The van der Waals surface area contributed by atoms with E-state index in [1.807, 2.05) is 30.3 Å². The Balaban J connectivity index is 2.21. The van der Waals surface area contributed by atoms with Gasteiger partial charge in [-0.1, -0.05) is 18.2 Å². The van der Waals surface area contributed by atoms with Gasteiger partial charge in [0.05, 0.1) is 16.6 Å². The summed E-state index contributed by atoms with van der Waals surface area (Å²) in [4.78, 5) is 27.4. The molecule has 0 fully saturated rings. The number of rotatable bonds is 6. The number of hydrogen-bond donors (Lipinski definition) is 1. The molecule has 0 spiro atoms. The number of amides is 2. The summed E-state index contributed by atoms with van der Waals surface area (Å²) < 4.78 is 8.73. The average molecular weight is 384 g/mol. The van der Waals surface area contributed by atoms with Crippen molar-refractivity contribution in [2.45, 2.75) is 26.3 Å². The smallest absolute Gasteiger partial charge is 0.328 e. The van der Waals surface area contributed by atoms with Gasteiger partial charge in [0.15, 0.2) is 0 Å². The SMILES string of the molecule is COCCCNC(=O)c1cc2c(c3ccccc3n2C(C)C)n1C(=O)N(C)C. The first kappa shape index (κ1) is 19.9. The lowest BCUT2D eigenvalue weighted by Crippen LogP contribution is -2.33. The van der Waals surface area contributed by atoms with Crippen LogP contribution in [0, 0.1) is 0 Å². The van der Waals surface area contributed by atoms with Crippen LogP contribution in [0.15, 0.2) is 30.3 Å². The summed E-state index contributed by atoms with van der Waals surface area (Å²) in [6, 6.07) is 9.74. The molecule has 2 amide bonds. The molecule has 7 heteroatoms. The van der Waals surface area contributed by atoms with Crippen LogP contribution in [0.25, 0.3) is 21.9 Å². The third-order valence-corrected chi connectivity index (χ3v) is 4.79. The topological polar surface area (TPSA) is 68.5 Å². The first-order chi connectivity index (χ1) is 13.4. The van der Waals surface area contributed by atoms with Gasteiger partial charge in [-0.05, 0) is 32.4 Å². The Labute approximate surface area is 164 Å². The molecule has 3 aromatic rings. The number of benzene rings is 1. The van der Waals surface area contributed by atoms with Crippen LogP contribution in [0.2, 0.25) is 0 Å². The van der Waals surface area contributed by atoms with Crippen molar-refractivity contribution in [3.8, 4) is 0 Å². The summed E-state index contributed by atoms with van der Waals surface area (Å²) in [5.74, 6) is -0.262. The number of ether oxygens (including phenoxy) is 1. The average Bonchev–Trinajstić information content (AvgIpc) is 3.18. The standard InChI is InChI=1S/C21H28N4O3/c1-14(2)24-16-10-7-6-9-15(16)19-17(24)13-18(25(19)21(27)23(3)4)20(26)22-11-8-12-28-5/h6-7,9-10,13-14H,8,11-12H2,1-5H3,(H,22,26). The molecule has 150 valence electrons. The second-order valence-corrected chi connectivity index (χ2v) is 7.36. The van der Waals surface area contributed by atoms with Crippen molar-refractivity contribution >= 4 is 33.9 Å². The number of methoxy groups -OCH3 is 1. The van der Waals surface area contributed by atoms with E-state index < -0.39 is 0 Å². The van der Waals surface area contributed by atoms with E-state index in [1.165, 1.54) is 9.47 Å². The minimum atomic E-state index is -0.262. The van der Waals surface area contributed by atoms with Crippen molar-refractivity contribution in [1.29, 1.82) is 0 Å². The maximum Gasteiger partial charge on any atom is 0.328 e. The van der Waals surface area contributed by atoms with E-state index in [0.29, 0.717) is 25.3 Å². The molecule has 0 saturated heterocycles. The molecule has 1 N–H and O–H groups in total. The van der Waals surface area contributed by atoms with E-state index in [-0.39, 0.29) is 18.0 Å². The highest BCUT2D eigenvalue weighted by atomic mass is 16.5. The van der Waals surface area contributed by atoms with Crippen LogP contribution in [0.4, 0.5) is 4.79 Å². The highest BCUT2D eigenvalue weighted by Crippen LogP contribution is 2.34. The zero-order valence-electron chi connectivity index (χ0n) is 17.2. The quantitative estimate of drug-likeness (QED) is 0.662. The second kappa shape index (κ2) is 8.06. The van der Waals surface area contributed by atoms with Gasteiger partial charge in [0.25, 0.3) is 5.91 Å². The summed E-state index contributed by atoms with van der Waals surface area (Å²) in [5, 5.41) is 3.85. The van der Waals surface area contributed by atoms with Crippen molar-refractivity contribution in [2.24, 2.45) is 0 Å². The Kier molecular flexibility index (Phi) is 5.74. The van der Waals surface area contributed by atoms with Gasteiger partial charge in [-0.15, -0.1) is 0 Å². The lowest BCUT2D eigenvalue weighted by Gasteiger charge is -2.15.